The molecule has 0 atom stereocenters. The van der Waals surface area contributed by atoms with Crippen LogP contribution in [0.4, 0.5) is 13.2 Å². The minimum atomic E-state index is -4.15. The lowest BCUT2D eigenvalue weighted by Gasteiger charge is -2.06. The molecule has 1 rings (SSSR count). The molecule has 0 aliphatic rings. The van der Waals surface area contributed by atoms with Crippen LogP contribution in [0.3, 0.4) is 0 Å². The molecule has 0 saturated heterocycles. The maximum absolute atomic E-state index is 12.0. The fourth-order valence-electron chi connectivity index (χ4n) is 1.10. The lowest BCUT2D eigenvalue weighted by atomic mass is 10.1. The summed E-state index contributed by atoms with van der Waals surface area (Å²) in [6, 6.07) is 6.07. The molecule has 0 bridgehead atoms. The lowest BCUT2D eigenvalue weighted by molar-refractivity contribution is -0.127. The highest BCUT2D eigenvalue weighted by Gasteiger charge is 2.27. The van der Waals surface area contributed by atoms with E-state index in [-0.39, 0.29) is 5.56 Å². The quantitative estimate of drug-likeness (QED) is 0.525. The van der Waals surface area contributed by atoms with Crippen LogP contribution in [0.25, 0.3) is 0 Å². The number of hydrogen-bond donors (Lipinski definition) is 0. The van der Waals surface area contributed by atoms with E-state index in [4.69, 9.17) is 6.72 Å². The number of halogens is 3. The van der Waals surface area contributed by atoms with Crippen LogP contribution in [-0.4, -0.2) is 12.9 Å². The van der Waals surface area contributed by atoms with Gasteiger partial charge in [0.05, 0.1) is 6.42 Å². The molecule has 1 aromatic rings. The van der Waals surface area contributed by atoms with Crippen molar-refractivity contribution in [3.8, 4) is 0 Å². The predicted molar refractivity (Wildman–Crippen MR) is 48.4 cm³/mol. The van der Waals surface area contributed by atoms with Gasteiger partial charge in [-0.1, -0.05) is 24.3 Å². The Kier molecular flexibility index (Phi) is 3.28. The molecule has 76 valence electrons. The van der Waals surface area contributed by atoms with Crippen molar-refractivity contribution >= 4 is 6.72 Å². The molecular formula is C10H9F3N-. The highest BCUT2D eigenvalue weighted by molar-refractivity contribution is 5.27. The first-order valence-electron chi connectivity index (χ1n) is 4.02. The van der Waals surface area contributed by atoms with Crippen molar-refractivity contribution in [2.75, 3.05) is 0 Å². The van der Waals surface area contributed by atoms with Gasteiger partial charge in [0, 0.05) is 6.54 Å². The molecule has 0 aliphatic carbocycles. The molecule has 0 aliphatic heterocycles. The van der Waals surface area contributed by atoms with E-state index in [0.29, 0.717) is 6.54 Å². The van der Waals surface area contributed by atoms with E-state index in [1.54, 1.807) is 12.1 Å². The molecule has 0 amide bonds. The van der Waals surface area contributed by atoms with Gasteiger partial charge in [0.1, 0.15) is 0 Å². The first-order chi connectivity index (χ1) is 6.51. The minimum absolute atomic E-state index is 0.248. The molecule has 1 aromatic carbocycles. The molecule has 0 N–H and O–H groups in total. The second kappa shape index (κ2) is 4.26. The number of hydrogen-bond acceptors (Lipinski definition) is 1. The number of aliphatic imine (C=N–C) groups is 1. The highest BCUT2D eigenvalue weighted by Crippen LogP contribution is 2.21. The number of benzene rings is 1. The van der Waals surface area contributed by atoms with Gasteiger partial charge in [-0.05, 0) is 11.1 Å². The summed E-state index contributed by atoms with van der Waals surface area (Å²) in [5.74, 6) is 0. The Morgan fingerprint density at radius 3 is 2.00 bits per heavy atom. The molecule has 0 radical (unpaired) electrons. The Morgan fingerprint density at radius 1 is 1.07 bits per heavy atom. The average Bonchev–Trinajstić information content (AvgIpc) is 2.06. The molecule has 14 heavy (non-hydrogen) atoms. The topological polar surface area (TPSA) is 12.4 Å². The van der Waals surface area contributed by atoms with Gasteiger partial charge in [-0.3, -0.25) is 0 Å². The third kappa shape index (κ3) is 3.60. The normalized spacial score (nSPS) is 11.4. The zero-order chi connectivity index (χ0) is 10.6. The van der Waals surface area contributed by atoms with Gasteiger partial charge in [0.2, 0.25) is 0 Å². The monoisotopic (exact) mass is 200 g/mol. The second-order valence-electron chi connectivity index (χ2n) is 2.95. The summed E-state index contributed by atoms with van der Waals surface area (Å²) in [6.45, 7) is 5.27. The van der Waals surface area contributed by atoms with Crippen LogP contribution >= 0.6 is 0 Å². The van der Waals surface area contributed by atoms with E-state index < -0.39 is 12.6 Å². The van der Waals surface area contributed by atoms with E-state index in [0.717, 1.165) is 5.56 Å². The SMILES string of the molecule is [CH-]=NCc1ccc(CC(F)(F)F)cc1. The molecular weight excluding hydrogens is 191 g/mol. The molecule has 4 heteroatoms. The lowest BCUT2D eigenvalue weighted by Crippen LogP contribution is -2.11. The van der Waals surface area contributed by atoms with Crippen LogP contribution in [0, 0.1) is 0 Å². The van der Waals surface area contributed by atoms with Crippen LogP contribution in [0.5, 0.6) is 0 Å². The van der Waals surface area contributed by atoms with Crippen LogP contribution in [0.15, 0.2) is 29.3 Å². The van der Waals surface area contributed by atoms with Crippen molar-refractivity contribution < 1.29 is 13.2 Å². The zero-order valence-corrected chi connectivity index (χ0v) is 7.38. The molecule has 0 saturated carbocycles. The van der Waals surface area contributed by atoms with Gasteiger partial charge in [0.15, 0.2) is 0 Å². The maximum Gasteiger partial charge on any atom is 0.393 e. The maximum atomic E-state index is 12.0. The van der Waals surface area contributed by atoms with Crippen molar-refractivity contribution in [1.29, 1.82) is 0 Å². The Hall–Kier alpha value is -1.32. The standard InChI is InChI=1S/C10H9F3N/c1-14-7-9-4-2-8(3-5-9)6-10(11,12)13/h1-5H,6-7H2/q-1. The number of nitrogens with zero attached hydrogens (tertiary/aromatic N) is 1. The zero-order valence-electron chi connectivity index (χ0n) is 7.38. The summed E-state index contributed by atoms with van der Waals surface area (Å²) in [7, 11) is 0. The molecule has 0 heterocycles. The molecule has 0 fully saturated rings. The van der Waals surface area contributed by atoms with Crippen LogP contribution in [-0.2, 0) is 13.0 Å². The fraction of sp³-hybridized carbons (Fsp3) is 0.300. The van der Waals surface area contributed by atoms with E-state index in [1.165, 1.54) is 12.1 Å². The van der Waals surface area contributed by atoms with Gasteiger partial charge in [-0.2, -0.15) is 13.2 Å². The smallest absolute Gasteiger partial charge is 0.393 e. The summed E-state index contributed by atoms with van der Waals surface area (Å²) in [6.07, 6.45) is -5.05. The third-order valence-corrected chi connectivity index (χ3v) is 1.70. The first-order valence-corrected chi connectivity index (χ1v) is 4.02. The van der Waals surface area contributed by atoms with Crippen molar-refractivity contribution in [2.45, 2.75) is 19.1 Å². The molecule has 1 nitrogen and oxygen atoms in total. The predicted octanol–water partition coefficient (Wildman–Crippen LogP) is 2.87. The second-order valence-corrected chi connectivity index (χ2v) is 2.95. The molecule has 0 unspecified atom stereocenters. The Bertz CT molecular complexity index is 300. The highest BCUT2D eigenvalue weighted by atomic mass is 19.4. The van der Waals surface area contributed by atoms with Crippen molar-refractivity contribution in [3.63, 3.8) is 0 Å². The Labute approximate surface area is 80.3 Å². The van der Waals surface area contributed by atoms with Crippen LogP contribution < -0.4 is 0 Å². The van der Waals surface area contributed by atoms with Gasteiger partial charge in [-0.25, -0.2) is 0 Å². The van der Waals surface area contributed by atoms with Gasteiger partial charge >= 0.3 is 6.18 Å². The Morgan fingerprint density at radius 2 is 1.57 bits per heavy atom. The van der Waals surface area contributed by atoms with Crippen LogP contribution in [0.2, 0.25) is 0 Å². The third-order valence-electron chi connectivity index (χ3n) is 1.70. The summed E-state index contributed by atoms with van der Waals surface area (Å²) in [5.41, 5.74) is 1.05. The first kappa shape index (κ1) is 10.8. The Balaban J connectivity index is 2.68. The van der Waals surface area contributed by atoms with E-state index in [2.05, 4.69) is 4.99 Å². The summed E-state index contributed by atoms with van der Waals surface area (Å²) in [4.78, 5) is 3.39. The van der Waals surface area contributed by atoms with Crippen LogP contribution in [0.1, 0.15) is 11.1 Å². The summed E-state index contributed by atoms with van der Waals surface area (Å²) in [5, 5.41) is 0. The van der Waals surface area contributed by atoms with Gasteiger partial charge in [0.25, 0.3) is 0 Å². The number of alkyl halides is 3. The largest absolute Gasteiger partial charge is 0.502 e. The fourth-order valence-corrected chi connectivity index (χ4v) is 1.10. The van der Waals surface area contributed by atoms with E-state index >= 15 is 0 Å². The van der Waals surface area contributed by atoms with Crippen molar-refractivity contribution in [3.05, 3.63) is 35.4 Å². The van der Waals surface area contributed by atoms with Gasteiger partial charge < -0.3 is 11.7 Å². The summed E-state index contributed by atoms with van der Waals surface area (Å²) >= 11 is 0. The van der Waals surface area contributed by atoms with Gasteiger partial charge in [-0.15, -0.1) is 0 Å². The average molecular weight is 200 g/mol. The number of rotatable bonds is 3. The van der Waals surface area contributed by atoms with Crippen molar-refractivity contribution in [1.82, 2.24) is 0 Å². The molecule has 0 aromatic heterocycles. The molecule has 0 spiro atoms. The van der Waals surface area contributed by atoms with E-state index in [1.807, 2.05) is 0 Å². The van der Waals surface area contributed by atoms with E-state index in [9.17, 15) is 13.2 Å². The van der Waals surface area contributed by atoms with Crippen molar-refractivity contribution in [2.24, 2.45) is 4.99 Å². The minimum Gasteiger partial charge on any atom is -0.502 e. The summed E-state index contributed by atoms with van der Waals surface area (Å²) < 4.78 is 35.9.